The van der Waals surface area contributed by atoms with Gasteiger partial charge in [-0.05, 0) is 34.0 Å². The number of rotatable bonds is 3. The molecule has 2 radical (unpaired) electrons. The SMILES string of the molecule is O=C(O)/C=C/c1c([O-])c(C(=O)[O-])cc2ccccc12.[Na+].[Sb+3]. The molecule has 0 unspecified atom stereocenters. The molecule has 0 fully saturated rings. The van der Waals surface area contributed by atoms with Crippen molar-refractivity contribution in [3.8, 4) is 5.75 Å². The fourth-order valence-electron chi connectivity index (χ4n) is 1.83. The van der Waals surface area contributed by atoms with Crippen molar-refractivity contribution in [2.45, 2.75) is 0 Å². The van der Waals surface area contributed by atoms with Gasteiger partial charge in [0.05, 0.1) is 5.97 Å². The number of carboxylic acids is 2. The minimum atomic E-state index is -1.58. The summed E-state index contributed by atoms with van der Waals surface area (Å²) in [6, 6.07) is 7.86. The van der Waals surface area contributed by atoms with Gasteiger partial charge in [-0.3, -0.25) is 0 Å². The average molecular weight is 401 g/mol. The molecule has 21 heavy (non-hydrogen) atoms. The van der Waals surface area contributed by atoms with Gasteiger partial charge >= 0.3 is 60.0 Å². The number of carbonyl (C=O) groups is 2. The van der Waals surface area contributed by atoms with E-state index in [4.69, 9.17) is 5.11 Å². The molecular weight excluding hydrogens is 393 g/mol. The molecule has 2 aromatic carbocycles. The molecule has 1 N–H and O–H groups in total. The molecule has 0 aliphatic carbocycles. The Morgan fingerprint density at radius 2 is 1.81 bits per heavy atom. The number of carboxylic acid groups (broad SMARTS) is 2. The van der Waals surface area contributed by atoms with Crippen LogP contribution in [0.5, 0.6) is 5.75 Å². The van der Waals surface area contributed by atoms with Gasteiger partial charge in [-0.2, -0.15) is 0 Å². The Bertz CT molecular complexity index is 712. The minimum absolute atomic E-state index is 0. The van der Waals surface area contributed by atoms with Gasteiger partial charge in [0, 0.05) is 6.08 Å². The van der Waals surface area contributed by atoms with Gasteiger partial charge in [0.2, 0.25) is 0 Å². The second-order valence-electron chi connectivity index (χ2n) is 3.85. The van der Waals surface area contributed by atoms with Crippen LogP contribution in [-0.2, 0) is 4.79 Å². The first-order chi connectivity index (χ1) is 9.00. The standard InChI is InChI=1S/C14H10O5.Na.Sb/c15-12(16)6-5-10-9-4-2-1-3-8(9)7-11(13(10)17)14(18)19;;/h1-7,17H,(H,15,16)(H,18,19);;/q;+1;+3/p-2/b6-5+;;. The maximum absolute atomic E-state index is 12.0. The van der Waals surface area contributed by atoms with E-state index in [0.29, 0.717) is 10.8 Å². The molecule has 98 valence electrons. The summed E-state index contributed by atoms with van der Waals surface area (Å²) < 4.78 is 0. The van der Waals surface area contributed by atoms with Crippen LogP contribution in [0.1, 0.15) is 15.9 Å². The molecule has 0 atom stereocenters. The summed E-state index contributed by atoms with van der Waals surface area (Å²) >= 11 is 0. The Balaban J connectivity index is 0.00000200. The van der Waals surface area contributed by atoms with E-state index in [2.05, 4.69) is 0 Å². The fourth-order valence-corrected chi connectivity index (χ4v) is 1.83. The van der Waals surface area contributed by atoms with Gasteiger partial charge in [-0.25, -0.2) is 4.79 Å². The van der Waals surface area contributed by atoms with Crippen molar-refractivity contribution in [1.82, 2.24) is 0 Å². The maximum atomic E-state index is 12.0. The Kier molecular flexibility index (Phi) is 8.04. The minimum Gasteiger partial charge on any atom is -0.872 e. The van der Waals surface area contributed by atoms with Crippen LogP contribution in [0.3, 0.4) is 0 Å². The Hall–Kier alpha value is -1.00. The van der Waals surface area contributed by atoms with Crippen molar-refractivity contribution in [1.29, 1.82) is 0 Å². The largest absolute Gasteiger partial charge is 3.00 e. The normalized spacial score (nSPS) is 9.90. The summed E-state index contributed by atoms with van der Waals surface area (Å²) in [7, 11) is 0. The zero-order valence-corrected chi connectivity index (χ0v) is 15.6. The Morgan fingerprint density at radius 1 is 1.19 bits per heavy atom. The first-order valence-corrected chi connectivity index (χ1v) is 5.36. The summed E-state index contributed by atoms with van der Waals surface area (Å²) in [5, 5.41) is 32.5. The van der Waals surface area contributed by atoms with E-state index in [9.17, 15) is 19.8 Å². The third kappa shape index (κ3) is 4.48. The number of benzene rings is 2. The quantitative estimate of drug-likeness (QED) is 0.437. The first-order valence-electron chi connectivity index (χ1n) is 5.36. The number of fused-ring (bicyclic) bond motifs is 1. The molecule has 2 rings (SSSR count). The maximum Gasteiger partial charge on any atom is 3.00 e. The van der Waals surface area contributed by atoms with Crippen LogP contribution in [0.2, 0.25) is 0 Å². The first kappa shape index (κ1) is 20.0. The van der Waals surface area contributed by atoms with Gasteiger partial charge in [-0.15, -0.1) is 0 Å². The molecule has 0 saturated carbocycles. The van der Waals surface area contributed by atoms with Crippen molar-refractivity contribution in [2.75, 3.05) is 0 Å². The number of aliphatic carboxylic acids is 1. The topological polar surface area (TPSA) is 100 Å². The van der Waals surface area contributed by atoms with Gasteiger partial charge in [-0.1, -0.05) is 30.0 Å². The van der Waals surface area contributed by atoms with Gasteiger partial charge < -0.3 is 20.1 Å². The molecule has 2 aromatic rings. The van der Waals surface area contributed by atoms with Crippen LogP contribution in [-0.4, -0.2) is 41.5 Å². The monoisotopic (exact) mass is 400 g/mol. The van der Waals surface area contributed by atoms with Crippen LogP contribution < -0.4 is 39.8 Å². The Labute approximate surface area is 160 Å². The summed E-state index contributed by atoms with van der Waals surface area (Å²) in [5.74, 6) is -3.56. The van der Waals surface area contributed by atoms with E-state index in [1.807, 2.05) is 0 Å². The summed E-state index contributed by atoms with van der Waals surface area (Å²) in [4.78, 5) is 21.4. The van der Waals surface area contributed by atoms with Crippen LogP contribution in [0.4, 0.5) is 0 Å². The molecule has 0 bridgehead atoms. The van der Waals surface area contributed by atoms with E-state index < -0.39 is 23.3 Å². The molecule has 0 heterocycles. The van der Waals surface area contributed by atoms with E-state index in [1.54, 1.807) is 24.3 Å². The summed E-state index contributed by atoms with van der Waals surface area (Å²) in [6.07, 6.45) is 1.89. The fraction of sp³-hybridized carbons (Fsp3) is 0. The number of aromatic carboxylic acids is 1. The van der Waals surface area contributed by atoms with Gasteiger partial charge in [0.25, 0.3) is 0 Å². The van der Waals surface area contributed by atoms with Crippen LogP contribution in [0.15, 0.2) is 36.4 Å². The Morgan fingerprint density at radius 3 is 2.38 bits per heavy atom. The predicted octanol–water partition coefficient (Wildman–Crippen LogP) is -3.00. The molecule has 0 aliphatic rings. The molecule has 0 spiro atoms. The molecule has 0 saturated heterocycles. The number of carbonyl (C=O) groups excluding carboxylic acids is 1. The van der Waals surface area contributed by atoms with Gasteiger partial charge in [0.1, 0.15) is 0 Å². The molecule has 0 aliphatic heterocycles. The van der Waals surface area contributed by atoms with Crippen molar-refractivity contribution >= 4 is 53.2 Å². The zero-order chi connectivity index (χ0) is 14.0. The summed E-state index contributed by atoms with van der Waals surface area (Å²) in [6.45, 7) is 0. The second-order valence-corrected chi connectivity index (χ2v) is 3.85. The van der Waals surface area contributed by atoms with Gasteiger partial charge in [0.15, 0.2) is 0 Å². The molecule has 5 nitrogen and oxygen atoms in total. The number of hydrogen-bond acceptors (Lipinski definition) is 4. The number of hydrogen-bond donors (Lipinski definition) is 1. The van der Waals surface area contributed by atoms with Crippen molar-refractivity contribution < 1.29 is 54.5 Å². The van der Waals surface area contributed by atoms with E-state index in [0.717, 1.165) is 12.2 Å². The van der Waals surface area contributed by atoms with Crippen molar-refractivity contribution in [3.63, 3.8) is 0 Å². The van der Waals surface area contributed by atoms with Crippen molar-refractivity contribution in [3.05, 3.63) is 47.5 Å². The molecule has 0 amide bonds. The van der Waals surface area contributed by atoms with E-state index in [-0.39, 0.29) is 59.5 Å². The van der Waals surface area contributed by atoms with E-state index >= 15 is 0 Å². The van der Waals surface area contributed by atoms with Crippen LogP contribution in [0.25, 0.3) is 16.8 Å². The third-order valence-electron chi connectivity index (χ3n) is 2.65. The van der Waals surface area contributed by atoms with E-state index in [1.165, 1.54) is 6.07 Å². The second kappa shape index (κ2) is 8.44. The zero-order valence-electron chi connectivity index (χ0n) is 11.1. The van der Waals surface area contributed by atoms with Crippen LogP contribution >= 0.6 is 0 Å². The smallest absolute Gasteiger partial charge is 0.872 e. The average Bonchev–Trinajstić information content (AvgIpc) is 2.36. The van der Waals surface area contributed by atoms with Crippen molar-refractivity contribution in [2.24, 2.45) is 0 Å². The predicted molar refractivity (Wildman–Crippen MR) is 70.1 cm³/mol. The summed E-state index contributed by atoms with van der Waals surface area (Å²) in [5.41, 5.74) is -0.455. The molecule has 0 aromatic heterocycles. The molecule has 7 heteroatoms. The molecular formula is C14H8NaO5Sb+2. The third-order valence-corrected chi connectivity index (χ3v) is 2.65. The van der Waals surface area contributed by atoms with Crippen LogP contribution in [0, 0.1) is 0 Å².